The van der Waals surface area contributed by atoms with Crippen LogP contribution in [-0.2, 0) is 4.79 Å². The van der Waals surface area contributed by atoms with E-state index < -0.39 is 28.6 Å². The number of amides is 1. The molecule has 0 bridgehead atoms. The third kappa shape index (κ3) is 4.58. The molecule has 0 saturated heterocycles. The maximum Gasteiger partial charge on any atom is 0.335 e. The van der Waals surface area contributed by atoms with Gasteiger partial charge < -0.3 is 20.5 Å². The van der Waals surface area contributed by atoms with Crippen molar-refractivity contribution in [2.75, 3.05) is 5.32 Å². The average molecular weight is 335 g/mol. The van der Waals surface area contributed by atoms with E-state index >= 15 is 0 Å². The first-order valence-corrected chi connectivity index (χ1v) is 7.34. The van der Waals surface area contributed by atoms with Crippen molar-refractivity contribution < 1.29 is 19.8 Å². The van der Waals surface area contributed by atoms with Gasteiger partial charge in [0.15, 0.2) is 5.16 Å². The largest absolute Gasteiger partial charge is 0.493 e. The van der Waals surface area contributed by atoms with Gasteiger partial charge in [-0.25, -0.2) is 4.79 Å². The molecule has 0 fully saturated rings. The van der Waals surface area contributed by atoms with Crippen molar-refractivity contribution in [2.45, 2.75) is 17.3 Å². The number of aromatic carboxylic acids is 1. The van der Waals surface area contributed by atoms with Gasteiger partial charge in [0.25, 0.3) is 5.56 Å². The monoisotopic (exact) mass is 335 g/mol. The van der Waals surface area contributed by atoms with E-state index in [-0.39, 0.29) is 10.7 Å². The first-order valence-electron chi connectivity index (χ1n) is 6.46. The van der Waals surface area contributed by atoms with E-state index in [1.165, 1.54) is 18.2 Å². The fourth-order valence-electron chi connectivity index (χ4n) is 1.67. The third-order valence-electron chi connectivity index (χ3n) is 2.74. The predicted octanol–water partition coefficient (Wildman–Crippen LogP) is 1.29. The van der Waals surface area contributed by atoms with Crippen molar-refractivity contribution in [3.63, 3.8) is 0 Å². The third-order valence-corrected chi connectivity index (χ3v) is 3.73. The van der Waals surface area contributed by atoms with Gasteiger partial charge in [0, 0.05) is 5.69 Å². The molecule has 4 N–H and O–H groups in total. The van der Waals surface area contributed by atoms with E-state index in [0.717, 1.165) is 17.8 Å². The Morgan fingerprint density at radius 1 is 1.35 bits per heavy atom. The van der Waals surface area contributed by atoms with Crippen molar-refractivity contribution in [1.82, 2.24) is 9.97 Å². The summed E-state index contributed by atoms with van der Waals surface area (Å²) in [7, 11) is 0. The Kier molecular flexibility index (Phi) is 5.02. The van der Waals surface area contributed by atoms with Gasteiger partial charge in [-0.2, -0.15) is 4.98 Å². The molecule has 0 saturated carbocycles. The minimum absolute atomic E-state index is 0.0575. The van der Waals surface area contributed by atoms with E-state index in [0.29, 0.717) is 5.69 Å². The number of anilines is 1. The van der Waals surface area contributed by atoms with Crippen molar-refractivity contribution in [3.8, 4) is 5.88 Å². The van der Waals surface area contributed by atoms with Gasteiger partial charge in [0.1, 0.15) is 0 Å². The summed E-state index contributed by atoms with van der Waals surface area (Å²) in [6, 6.07) is 6.76. The van der Waals surface area contributed by atoms with Crippen LogP contribution in [-0.4, -0.2) is 37.3 Å². The molecule has 23 heavy (non-hydrogen) atoms. The van der Waals surface area contributed by atoms with Crippen molar-refractivity contribution in [3.05, 3.63) is 46.2 Å². The SMILES string of the molecule is CC(Sc1nc(O)cc(=O)[nH]1)C(=O)Nc1cccc(C(=O)O)c1. The second kappa shape index (κ2) is 6.97. The normalized spacial score (nSPS) is 11.7. The number of rotatable bonds is 5. The number of nitrogens with one attached hydrogen (secondary N) is 2. The smallest absolute Gasteiger partial charge is 0.335 e. The highest BCUT2D eigenvalue weighted by atomic mass is 32.2. The lowest BCUT2D eigenvalue weighted by molar-refractivity contribution is -0.115. The minimum atomic E-state index is -1.09. The maximum atomic E-state index is 12.1. The number of hydrogen-bond donors (Lipinski definition) is 4. The van der Waals surface area contributed by atoms with Crippen LogP contribution in [0, 0.1) is 0 Å². The molecular weight excluding hydrogens is 322 g/mol. The first-order chi connectivity index (χ1) is 10.8. The molecule has 1 heterocycles. The number of H-pyrrole nitrogens is 1. The van der Waals surface area contributed by atoms with Crippen LogP contribution in [0.5, 0.6) is 5.88 Å². The number of nitrogens with zero attached hydrogens (tertiary/aromatic N) is 1. The molecule has 1 aromatic heterocycles. The zero-order valence-corrected chi connectivity index (χ0v) is 12.8. The van der Waals surface area contributed by atoms with E-state index in [1.807, 2.05) is 0 Å². The summed E-state index contributed by atoms with van der Waals surface area (Å²) in [5.41, 5.74) is -0.122. The number of benzene rings is 1. The number of carboxylic acid groups (broad SMARTS) is 1. The molecule has 0 aliphatic rings. The molecule has 9 heteroatoms. The van der Waals surface area contributed by atoms with Gasteiger partial charge in [-0.1, -0.05) is 17.8 Å². The molecule has 0 aliphatic heterocycles. The number of carboxylic acids is 1. The zero-order valence-electron chi connectivity index (χ0n) is 11.9. The summed E-state index contributed by atoms with van der Waals surface area (Å²) in [5, 5.41) is 20.2. The Morgan fingerprint density at radius 3 is 2.74 bits per heavy atom. The van der Waals surface area contributed by atoms with Crippen LogP contribution in [0.2, 0.25) is 0 Å². The number of aromatic hydroxyl groups is 1. The fraction of sp³-hybridized carbons (Fsp3) is 0.143. The first kappa shape index (κ1) is 16.6. The molecule has 8 nitrogen and oxygen atoms in total. The van der Waals surface area contributed by atoms with Crippen LogP contribution >= 0.6 is 11.8 Å². The van der Waals surface area contributed by atoms with Gasteiger partial charge >= 0.3 is 5.97 Å². The van der Waals surface area contributed by atoms with E-state index in [1.54, 1.807) is 13.0 Å². The molecule has 2 rings (SSSR count). The highest BCUT2D eigenvalue weighted by Gasteiger charge is 2.17. The maximum absolute atomic E-state index is 12.1. The average Bonchev–Trinajstić information content (AvgIpc) is 2.46. The van der Waals surface area contributed by atoms with Gasteiger partial charge in [-0.05, 0) is 25.1 Å². The molecule has 1 unspecified atom stereocenters. The molecule has 2 aromatic rings. The van der Waals surface area contributed by atoms with E-state index in [9.17, 15) is 19.5 Å². The molecule has 0 radical (unpaired) electrons. The summed E-state index contributed by atoms with van der Waals surface area (Å²) in [6.45, 7) is 1.59. The standard InChI is InChI=1S/C14H13N3O5S/c1-7(23-14-16-10(18)6-11(19)17-14)12(20)15-9-4-2-3-8(5-9)13(21)22/h2-7H,1H3,(H,15,20)(H,21,22)(H2,16,17,18,19). The van der Waals surface area contributed by atoms with Crippen LogP contribution < -0.4 is 10.9 Å². The number of carbonyl (C=O) groups is 2. The fourth-order valence-corrected chi connectivity index (χ4v) is 2.48. The number of thioether (sulfide) groups is 1. The van der Waals surface area contributed by atoms with Gasteiger partial charge in [-0.15, -0.1) is 0 Å². The second-order valence-corrected chi connectivity index (χ2v) is 5.87. The number of hydrogen-bond acceptors (Lipinski definition) is 6. The Balaban J connectivity index is 2.06. The zero-order chi connectivity index (χ0) is 17.0. The lowest BCUT2D eigenvalue weighted by Gasteiger charge is -2.11. The molecule has 0 aliphatic carbocycles. The summed E-state index contributed by atoms with van der Waals surface area (Å²) < 4.78 is 0. The molecule has 1 aromatic carbocycles. The lowest BCUT2D eigenvalue weighted by atomic mass is 10.2. The molecule has 1 atom stereocenters. The predicted molar refractivity (Wildman–Crippen MR) is 83.9 cm³/mol. The minimum Gasteiger partial charge on any atom is -0.493 e. The second-order valence-electron chi connectivity index (χ2n) is 4.54. The Morgan fingerprint density at radius 2 is 2.09 bits per heavy atom. The number of aromatic amines is 1. The molecule has 120 valence electrons. The van der Waals surface area contributed by atoms with E-state index in [4.69, 9.17) is 5.11 Å². The summed E-state index contributed by atoms with van der Waals surface area (Å²) in [6.07, 6.45) is 0. The highest BCUT2D eigenvalue weighted by Crippen LogP contribution is 2.21. The molecule has 1 amide bonds. The van der Waals surface area contributed by atoms with Crippen molar-refractivity contribution >= 4 is 29.3 Å². The molecule has 0 spiro atoms. The van der Waals surface area contributed by atoms with E-state index in [2.05, 4.69) is 15.3 Å². The van der Waals surface area contributed by atoms with Crippen molar-refractivity contribution in [2.24, 2.45) is 0 Å². The summed E-state index contributed by atoms with van der Waals surface area (Å²) in [4.78, 5) is 40.3. The topological polar surface area (TPSA) is 132 Å². The van der Waals surface area contributed by atoms with Crippen LogP contribution in [0.15, 0.2) is 40.3 Å². The van der Waals surface area contributed by atoms with Crippen LogP contribution in [0.1, 0.15) is 17.3 Å². The van der Waals surface area contributed by atoms with Gasteiger partial charge in [-0.3, -0.25) is 9.59 Å². The number of carbonyl (C=O) groups excluding carboxylic acids is 1. The van der Waals surface area contributed by atoms with Gasteiger partial charge in [0.2, 0.25) is 11.8 Å². The lowest BCUT2D eigenvalue weighted by Crippen LogP contribution is -2.23. The highest BCUT2D eigenvalue weighted by molar-refractivity contribution is 8.00. The molecular formula is C14H13N3O5S. The Labute approximate surface area is 134 Å². The van der Waals surface area contributed by atoms with Crippen LogP contribution in [0.3, 0.4) is 0 Å². The Bertz CT molecular complexity index is 805. The quantitative estimate of drug-likeness (QED) is 0.478. The van der Waals surface area contributed by atoms with Gasteiger partial charge in [0.05, 0.1) is 16.9 Å². The summed E-state index contributed by atoms with van der Waals surface area (Å²) >= 11 is 0.955. The Hall–Kier alpha value is -2.81. The number of aromatic nitrogens is 2. The summed E-state index contributed by atoms with van der Waals surface area (Å²) in [5.74, 6) is -1.92. The van der Waals surface area contributed by atoms with Crippen LogP contribution in [0.4, 0.5) is 5.69 Å². The van der Waals surface area contributed by atoms with Crippen LogP contribution in [0.25, 0.3) is 0 Å². The van der Waals surface area contributed by atoms with Crippen molar-refractivity contribution in [1.29, 1.82) is 0 Å².